The van der Waals surface area contributed by atoms with Crippen molar-refractivity contribution in [2.75, 3.05) is 13.7 Å². The van der Waals surface area contributed by atoms with E-state index in [0.717, 1.165) is 41.3 Å². The summed E-state index contributed by atoms with van der Waals surface area (Å²) in [4.78, 5) is 17.7. The number of rotatable bonds is 10. The van der Waals surface area contributed by atoms with Crippen LogP contribution in [0.2, 0.25) is 0 Å². The molecule has 4 rings (SSSR count). The molecule has 1 amide bonds. The maximum Gasteiger partial charge on any atom is 0.251 e. The van der Waals surface area contributed by atoms with E-state index in [9.17, 15) is 4.79 Å². The predicted molar refractivity (Wildman–Crippen MR) is 144 cm³/mol. The van der Waals surface area contributed by atoms with Crippen molar-refractivity contribution >= 4 is 16.9 Å². The Bertz CT molecular complexity index is 1330. The summed E-state index contributed by atoms with van der Waals surface area (Å²) in [6, 6.07) is 21.3. The van der Waals surface area contributed by atoms with Crippen LogP contribution in [0.4, 0.5) is 0 Å². The van der Waals surface area contributed by atoms with Crippen LogP contribution in [0, 0.1) is 6.92 Å². The monoisotopic (exact) mass is 485 g/mol. The van der Waals surface area contributed by atoms with Crippen molar-refractivity contribution in [2.24, 2.45) is 0 Å². The molecule has 4 aromatic rings. The Morgan fingerprint density at radius 2 is 1.78 bits per heavy atom. The van der Waals surface area contributed by atoms with E-state index in [4.69, 9.17) is 14.5 Å². The van der Waals surface area contributed by atoms with Crippen LogP contribution in [0.3, 0.4) is 0 Å². The highest BCUT2D eigenvalue weighted by atomic mass is 16.5. The van der Waals surface area contributed by atoms with Gasteiger partial charge in [-0.05, 0) is 79.8 Å². The average molecular weight is 486 g/mol. The number of benzene rings is 3. The second-order valence-electron chi connectivity index (χ2n) is 9.43. The molecule has 36 heavy (non-hydrogen) atoms. The van der Waals surface area contributed by atoms with Crippen LogP contribution in [0.15, 0.2) is 66.7 Å². The summed E-state index contributed by atoms with van der Waals surface area (Å²) in [7, 11) is 1.61. The van der Waals surface area contributed by atoms with Crippen LogP contribution in [-0.4, -0.2) is 29.2 Å². The number of carbonyl (C=O) groups is 1. The summed E-state index contributed by atoms with van der Waals surface area (Å²) >= 11 is 0. The summed E-state index contributed by atoms with van der Waals surface area (Å²) in [5.41, 5.74) is 4.97. The van der Waals surface area contributed by atoms with Crippen LogP contribution in [-0.2, 0) is 6.54 Å². The first kappa shape index (κ1) is 25.3. The minimum Gasteiger partial charge on any atom is -0.497 e. The molecule has 188 valence electrons. The van der Waals surface area contributed by atoms with Gasteiger partial charge < -0.3 is 19.4 Å². The number of fused-ring (bicyclic) bond motifs is 1. The summed E-state index contributed by atoms with van der Waals surface area (Å²) in [5.74, 6) is 2.76. The molecule has 0 aliphatic heterocycles. The number of imidazole rings is 1. The van der Waals surface area contributed by atoms with Gasteiger partial charge >= 0.3 is 0 Å². The van der Waals surface area contributed by atoms with Gasteiger partial charge in [0.25, 0.3) is 5.91 Å². The van der Waals surface area contributed by atoms with Crippen molar-refractivity contribution in [1.82, 2.24) is 14.9 Å². The molecule has 0 saturated carbocycles. The van der Waals surface area contributed by atoms with Gasteiger partial charge in [0, 0.05) is 12.1 Å². The Morgan fingerprint density at radius 1 is 1.03 bits per heavy atom. The summed E-state index contributed by atoms with van der Waals surface area (Å²) in [5, 5.41) is 3.10. The van der Waals surface area contributed by atoms with Crippen molar-refractivity contribution in [2.45, 2.75) is 52.6 Å². The number of amides is 1. The Labute approximate surface area is 213 Å². The van der Waals surface area contributed by atoms with Crippen molar-refractivity contribution in [3.05, 3.63) is 89.2 Å². The van der Waals surface area contributed by atoms with E-state index in [1.54, 1.807) is 31.4 Å². The molecular weight excluding hydrogens is 450 g/mol. The zero-order valence-corrected chi connectivity index (χ0v) is 21.7. The van der Waals surface area contributed by atoms with Crippen molar-refractivity contribution in [1.29, 1.82) is 0 Å². The Hall–Kier alpha value is -3.80. The lowest BCUT2D eigenvalue weighted by molar-refractivity contribution is 0.0937. The smallest absolute Gasteiger partial charge is 0.251 e. The topological polar surface area (TPSA) is 65.4 Å². The number of nitrogens with zero attached hydrogens (tertiary/aromatic N) is 2. The molecule has 1 aromatic heterocycles. The van der Waals surface area contributed by atoms with E-state index in [0.29, 0.717) is 18.1 Å². The standard InChI is InChI=1S/C30H35N3O3/c1-20(2)25-16-11-21(3)19-28(25)36-18-8-17-33-27-10-7-6-9-26(27)32-29(33)22(4)31-30(34)23-12-14-24(35-5)15-13-23/h6-7,9-16,19-20,22H,8,17-18H2,1-5H3,(H,31,34). The maximum absolute atomic E-state index is 12.9. The second kappa shape index (κ2) is 11.3. The number of para-hydroxylation sites is 2. The summed E-state index contributed by atoms with van der Waals surface area (Å²) in [6.07, 6.45) is 0.817. The van der Waals surface area contributed by atoms with E-state index in [1.807, 2.05) is 25.1 Å². The highest BCUT2D eigenvalue weighted by molar-refractivity contribution is 5.94. The number of nitrogens with one attached hydrogen (secondary N) is 1. The average Bonchev–Trinajstić information content (AvgIpc) is 3.25. The normalized spacial score (nSPS) is 12.1. The Balaban J connectivity index is 1.48. The van der Waals surface area contributed by atoms with Crippen molar-refractivity contribution in [3.63, 3.8) is 0 Å². The molecule has 0 saturated heterocycles. The van der Waals surface area contributed by atoms with Gasteiger partial charge in [0.2, 0.25) is 0 Å². The van der Waals surface area contributed by atoms with E-state index >= 15 is 0 Å². The SMILES string of the molecule is COc1ccc(C(=O)NC(C)c2nc3ccccc3n2CCCOc2cc(C)ccc2C(C)C)cc1. The fourth-order valence-electron chi connectivity index (χ4n) is 4.39. The largest absolute Gasteiger partial charge is 0.497 e. The van der Waals surface area contributed by atoms with Crippen LogP contribution in [0.1, 0.15) is 66.5 Å². The summed E-state index contributed by atoms with van der Waals surface area (Å²) < 4.78 is 13.6. The number of methoxy groups -OCH3 is 1. The molecule has 1 atom stereocenters. The van der Waals surface area contributed by atoms with Gasteiger partial charge in [0.15, 0.2) is 0 Å². The first-order valence-corrected chi connectivity index (χ1v) is 12.5. The van der Waals surface area contributed by atoms with Crippen LogP contribution < -0.4 is 14.8 Å². The van der Waals surface area contributed by atoms with E-state index < -0.39 is 0 Å². The molecule has 1 unspecified atom stereocenters. The first-order chi connectivity index (χ1) is 17.4. The van der Waals surface area contributed by atoms with Gasteiger partial charge in [-0.3, -0.25) is 4.79 Å². The molecule has 0 fully saturated rings. The number of ether oxygens (including phenoxy) is 2. The van der Waals surface area contributed by atoms with Crippen LogP contribution in [0.25, 0.3) is 11.0 Å². The van der Waals surface area contributed by atoms with Gasteiger partial charge in [-0.2, -0.15) is 0 Å². The summed E-state index contributed by atoms with van der Waals surface area (Å²) in [6.45, 7) is 9.76. The van der Waals surface area contributed by atoms with Gasteiger partial charge in [0.05, 0.1) is 30.8 Å². The first-order valence-electron chi connectivity index (χ1n) is 12.5. The Kier molecular flexibility index (Phi) is 7.93. The van der Waals surface area contributed by atoms with Crippen molar-refractivity contribution in [3.8, 4) is 11.5 Å². The lowest BCUT2D eigenvalue weighted by Crippen LogP contribution is -2.28. The predicted octanol–water partition coefficient (Wildman–Crippen LogP) is 6.44. The number of aromatic nitrogens is 2. The third-order valence-electron chi connectivity index (χ3n) is 6.35. The lowest BCUT2D eigenvalue weighted by atomic mass is 10.0. The molecule has 1 N–H and O–H groups in total. The number of hydrogen-bond acceptors (Lipinski definition) is 4. The molecule has 0 aliphatic rings. The fraction of sp³-hybridized carbons (Fsp3) is 0.333. The molecule has 6 heteroatoms. The van der Waals surface area contributed by atoms with Gasteiger partial charge in [0.1, 0.15) is 17.3 Å². The zero-order chi connectivity index (χ0) is 25.7. The highest BCUT2D eigenvalue weighted by Gasteiger charge is 2.19. The van der Waals surface area contributed by atoms with Crippen LogP contribution >= 0.6 is 0 Å². The number of hydrogen-bond donors (Lipinski definition) is 1. The van der Waals surface area contributed by atoms with Crippen molar-refractivity contribution < 1.29 is 14.3 Å². The van der Waals surface area contributed by atoms with Gasteiger partial charge in [-0.1, -0.05) is 38.1 Å². The van der Waals surface area contributed by atoms with E-state index in [1.165, 1.54) is 11.1 Å². The highest BCUT2D eigenvalue weighted by Crippen LogP contribution is 2.28. The molecule has 0 bridgehead atoms. The number of carbonyl (C=O) groups excluding carboxylic acids is 1. The maximum atomic E-state index is 12.9. The molecule has 3 aromatic carbocycles. The molecule has 6 nitrogen and oxygen atoms in total. The minimum absolute atomic E-state index is 0.146. The minimum atomic E-state index is -0.266. The molecule has 0 aliphatic carbocycles. The van der Waals surface area contributed by atoms with Gasteiger partial charge in [-0.25, -0.2) is 4.98 Å². The number of aryl methyl sites for hydroxylation is 2. The van der Waals surface area contributed by atoms with E-state index in [-0.39, 0.29) is 11.9 Å². The quantitative estimate of drug-likeness (QED) is 0.263. The second-order valence-corrected chi connectivity index (χ2v) is 9.43. The molecular formula is C30H35N3O3. The molecule has 0 spiro atoms. The molecule has 0 radical (unpaired) electrons. The third kappa shape index (κ3) is 5.70. The lowest BCUT2D eigenvalue weighted by Gasteiger charge is -2.18. The van der Waals surface area contributed by atoms with Crippen LogP contribution in [0.5, 0.6) is 11.5 Å². The Morgan fingerprint density at radius 3 is 2.50 bits per heavy atom. The fourth-order valence-corrected chi connectivity index (χ4v) is 4.39. The third-order valence-corrected chi connectivity index (χ3v) is 6.35. The molecule has 1 heterocycles. The van der Waals surface area contributed by atoms with E-state index in [2.05, 4.69) is 54.9 Å². The van der Waals surface area contributed by atoms with Gasteiger partial charge in [-0.15, -0.1) is 0 Å². The zero-order valence-electron chi connectivity index (χ0n) is 21.7.